The third-order valence-electron chi connectivity index (χ3n) is 2.80. The number of benzene rings is 1. The van der Waals surface area contributed by atoms with E-state index in [1.54, 1.807) is 24.5 Å². The summed E-state index contributed by atoms with van der Waals surface area (Å²) in [6.45, 7) is 0.154. The fourth-order valence-corrected chi connectivity index (χ4v) is 2.35. The SMILES string of the molecule is O=[N+]([O-])c1cc(Cl)c(NC[C@H](O)c2ccncc2)c(Cl)c1. The molecular weight excluding hydrogens is 317 g/mol. The second-order valence-electron chi connectivity index (χ2n) is 4.22. The van der Waals surface area contributed by atoms with Gasteiger partial charge in [-0.2, -0.15) is 0 Å². The number of anilines is 1. The standard InChI is InChI=1S/C13H11Cl2N3O3/c14-10-5-9(18(20)21)6-11(15)13(10)17-7-12(19)8-1-3-16-4-2-8/h1-6,12,17,19H,7H2/t12-/m0/s1. The van der Waals surface area contributed by atoms with Crippen molar-refractivity contribution in [1.82, 2.24) is 4.98 Å². The summed E-state index contributed by atoms with van der Waals surface area (Å²) in [5.74, 6) is 0. The lowest BCUT2D eigenvalue weighted by atomic mass is 10.1. The smallest absolute Gasteiger partial charge is 0.272 e. The van der Waals surface area contributed by atoms with Crippen LogP contribution in [0.1, 0.15) is 11.7 Å². The molecule has 0 aliphatic rings. The van der Waals surface area contributed by atoms with E-state index in [4.69, 9.17) is 23.2 Å². The summed E-state index contributed by atoms with van der Waals surface area (Å²) in [6, 6.07) is 5.78. The Labute approximate surface area is 130 Å². The van der Waals surface area contributed by atoms with E-state index < -0.39 is 11.0 Å². The van der Waals surface area contributed by atoms with Crippen LogP contribution in [0.2, 0.25) is 10.0 Å². The van der Waals surface area contributed by atoms with Gasteiger partial charge >= 0.3 is 0 Å². The average Bonchev–Trinajstić information content (AvgIpc) is 2.46. The maximum atomic E-state index is 10.7. The number of nitrogens with one attached hydrogen (secondary N) is 1. The number of nitro groups is 1. The Morgan fingerprint density at radius 2 is 1.86 bits per heavy atom. The molecule has 1 heterocycles. The predicted molar refractivity (Wildman–Crippen MR) is 80.8 cm³/mol. The third kappa shape index (κ3) is 3.81. The number of rotatable bonds is 5. The van der Waals surface area contributed by atoms with Crippen molar-refractivity contribution in [1.29, 1.82) is 0 Å². The molecule has 1 aromatic heterocycles. The Morgan fingerprint density at radius 3 is 2.38 bits per heavy atom. The molecule has 0 saturated heterocycles. The minimum absolute atomic E-state index is 0.121. The Hall–Kier alpha value is -1.89. The molecule has 0 aliphatic carbocycles. The summed E-state index contributed by atoms with van der Waals surface area (Å²) in [5.41, 5.74) is 0.842. The first-order chi connectivity index (χ1) is 9.99. The van der Waals surface area contributed by atoms with Crippen LogP contribution in [0.4, 0.5) is 11.4 Å². The second-order valence-corrected chi connectivity index (χ2v) is 5.03. The highest BCUT2D eigenvalue weighted by Crippen LogP contribution is 2.34. The normalized spacial score (nSPS) is 12.0. The van der Waals surface area contributed by atoms with Gasteiger partial charge in [-0.1, -0.05) is 23.2 Å². The lowest BCUT2D eigenvalue weighted by Gasteiger charge is -2.15. The van der Waals surface area contributed by atoms with Crippen molar-refractivity contribution in [2.45, 2.75) is 6.10 Å². The summed E-state index contributed by atoms with van der Waals surface area (Å²) in [6.07, 6.45) is 2.37. The van der Waals surface area contributed by atoms with Crippen molar-refractivity contribution in [3.8, 4) is 0 Å². The van der Waals surface area contributed by atoms with Crippen LogP contribution in [0.25, 0.3) is 0 Å². The van der Waals surface area contributed by atoms with Crippen molar-refractivity contribution in [3.05, 3.63) is 62.4 Å². The highest BCUT2D eigenvalue weighted by molar-refractivity contribution is 6.39. The molecule has 2 aromatic rings. The van der Waals surface area contributed by atoms with Gasteiger partial charge in [-0.15, -0.1) is 0 Å². The van der Waals surface area contributed by atoms with Crippen LogP contribution in [-0.4, -0.2) is 21.6 Å². The molecule has 21 heavy (non-hydrogen) atoms. The van der Waals surface area contributed by atoms with E-state index in [0.29, 0.717) is 11.3 Å². The first-order valence-electron chi connectivity index (χ1n) is 5.94. The van der Waals surface area contributed by atoms with Crippen LogP contribution in [-0.2, 0) is 0 Å². The largest absolute Gasteiger partial charge is 0.387 e. The van der Waals surface area contributed by atoms with Crippen molar-refractivity contribution in [3.63, 3.8) is 0 Å². The van der Waals surface area contributed by atoms with Crippen LogP contribution in [0.3, 0.4) is 0 Å². The number of non-ortho nitro benzene ring substituents is 1. The van der Waals surface area contributed by atoms with Crippen LogP contribution in [0, 0.1) is 10.1 Å². The maximum absolute atomic E-state index is 10.7. The minimum atomic E-state index is -0.782. The van der Waals surface area contributed by atoms with Gasteiger partial charge in [0.15, 0.2) is 0 Å². The molecule has 0 radical (unpaired) electrons. The molecule has 6 nitrogen and oxygen atoms in total. The maximum Gasteiger partial charge on any atom is 0.272 e. The van der Waals surface area contributed by atoms with Gasteiger partial charge in [0.05, 0.1) is 26.8 Å². The Balaban J connectivity index is 2.12. The molecule has 0 spiro atoms. The third-order valence-corrected chi connectivity index (χ3v) is 3.40. The highest BCUT2D eigenvalue weighted by Gasteiger charge is 2.15. The summed E-state index contributed by atoms with van der Waals surface area (Å²) in [5, 5.41) is 23.8. The first-order valence-corrected chi connectivity index (χ1v) is 6.70. The van der Waals surface area contributed by atoms with Gasteiger partial charge < -0.3 is 10.4 Å². The van der Waals surface area contributed by atoms with Gasteiger partial charge in [0.2, 0.25) is 0 Å². The van der Waals surface area contributed by atoms with Crippen LogP contribution < -0.4 is 5.32 Å². The van der Waals surface area contributed by atoms with E-state index in [-0.39, 0.29) is 22.3 Å². The Kier molecular flexibility index (Phi) is 4.95. The summed E-state index contributed by atoms with van der Waals surface area (Å²) in [4.78, 5) is 14.0. The summed E-state index contributed by atoms with van der Waals surface area (Å²) in [7, 11) is 0. The van der Waals surface area contributed by atoms with Crippen LogP contribution in [0.15, 0.2) is 36.7 Å². The summed E-state index contributed by atoms with van der Waals surface area (Å²) < 4.78 is 0. The number of pyridine rings is 1. The zero-order valence-corrected chi connectivity index (χ0v) is 12.2. The molecular formula is C13H11Cl2N3O3. The number of aliphatic hydroxyl groups is 1. The van der Waals surface area contributed by atoms with Gasteiger partial charge in [-0.25, -0.2) is 0 Å². The van der Waals surface area contributed by atoms with Gasteiger partial charge in [0.1, 0.15) is 0 Å². The van der Waals surface area contributed by atoms with Gasteiger partial charge in [-0.05, 0) is 17.7 Å². The van der Waals surface area contributed by atoms with Gasteiger partial charge in [0, 0.05) is 31.1 Å². The van der Waals surface area contributed by atoms with Crippen LogP contribution >= 0.6 is 23.2 Å². The van der Waals surface area contributed by atoms with E-state index in [9.17, 15) is 15.2 Å². The Morgan fingerprint density at radius 1 is 1.29 bits per heavy atom. The minimum Gasteiger partial charge on any atom is -0.387 e. The molecule has 2 rings (SSSR count). The molecule has 0 fully saturated rings. The van der Waals surface area contributed by atoms with Crippen molar-refractivity contribution < 1.29 is 10.0 Å². The fraction of sp³-hybridized carbons (Fsp3) is 0.154. The molecule has 8 heteroatoms. The van der Waals surface area contributed by atoms with E-state index in [2.05, 4.69) is 10.3 Å². The monoisotopic (exact) mass is 327 g/mol. The number of nitro benzene ring substituents is 1. The first kappa shape index (κ1) is 15.5. The van der Waals surface area contributed by atoms with E-state index >= 15 is 0 Å². The van der Waals surface area contributed by atoms with Gasteiger partial charge in [0.25, 0.3) is 5.69 Å². The molecule has 2 N–H and O–H groups in total. The number of nitrogens with zero attached hydrogens (tertiary/aromatic N) is 2. The zero-order valence-electron chi connectivity index (χ0n) is 10.7. The Bertz CT molecular complexity index is 629. The van der Waals surface area contributed by atoms with E-state index in [0.717, 1.165) is 0 Å². The number of aliphatic hydroxyl groups excluding tert-OH is 1. The average molecular weight is 328 g/mol. The topological polar surface area (TPSA) is 88.3 Å². The lowest BCUT2D eigenvalue weighted by molar-refractivity contribution is -0.384. The predicted octanol–water partition coefficient (Wildman–Crippen LogP) is 3.44. The van der Waals surface area contributed by atoms with E-state index in [1.807, 2.05) is 0 Å². The van der Waals surface area contributed by atoms with E-state index in [1.165, 1.54) is 12.1 Å². The molecule has 0 amide bonds. The molecule has 0 unspecified atom stereocenters. The molecule has 110 valence electrons. The number of hydrogen-bond acceptors (Lipinski definition) is 5. The molecule has 1 atom stereocenters. The molecule has 0 saturated carbocycles. The molecule has 0 aliphatic heterocycles. The van der Waals surface area contributed by atoms with Crippen molar-refractivity contribution in [2.75, 3.05) is 11.9 Å². The fourth-order valence-electron chi connectivity index (χ4n) is 1.74. The second kappa shape index (κ2) is 6.71. The number of hydrogen-bond donors (Lipinski definition) is 2. The molecule has 1 aromatic carbocycles. The lowest BCUT2D eigenvalue weighted by Crippen LogP contribution is -2.12. The number of halogens is 2. The van der Waals surface area contributed by atoms with Crippen molar-refractivity contribution in [2.24, 2.45) is 0 Å². The quantitative estimate of drug-likeness (QED) is 0.648. The number of aromatic nitrogens is 1. The summed E-state index contributed by atoms with van der Waals surface area (Å²) >= 11 is 11.9. The van der Waals surface area contributed by atoms with Crippen LogP contribution in [0.5, 0.6) is 0 Å². The zero-order chi connectivity index (χ0) is 15.4. The van der Waals surface area contributed by atoms with Crippen molar-refractivity contribution >= 4 is 34.6 Å². The van der Waals surface area contributed by atoms with Gasteiger partial charge in [-0.3, -0.25) is 15.1 Å². The molecule has 0 bridgehead atoms. The highest BCUT2D eigenvalue weighted by atomic mass is 35.5.